The molecule has 0 aliphatic carbocycles. The molecule has 0 aromatic heterocycles. The van der Waals surface area contributed by atoms with Gasteiger partial charge in [-0.05, 0) is 31.6 Å². The summed E-state index contributed by atoms with van der Waals surface area (Å²) in [5, 5.41) is 10.5. The lowest BCUT2D eigenvalue weighted by atomic mass is 10.0. The summed E-state index contributed by atoms with van der Waals surface area (Å²) in [7, 11) is -9.89. The van der Waals surface area contributed by atoms with Gasteiger partial charge in [0.1, 0.15) is 19.3 Å². The maximum Gasteiger partial charge on any atom is 0.472 e. The Morgan fingerprint density at radius 2 is 0.535 bits per heavy atom. The van der Waals surface area contributed by atoms with E-state index in [1.54, 1.807) is 0 Å². The first-order valence-corrected chi connectivity index (χ1v) is 38.1. The first-order chi connectivity index (χ1) is 41.5. The van der Waals surface area contributed by atoms with Gasteiger partial charge in [0.25, 0.3) is 0 Å². The quantitative estimate of drug-likeness (QED) is 0.0222. The van der Waals surface area contributed by atoms with Crippen LogP contribution in [0.3, 0.4) is 0 Å². The van der Waals surface area contributed by atoms with Crippen LogP contribution >= 0.6 is 15.6 Å². The van der Waals surface area contributed by atoms with Crippen molar-refractivity contribution in [1.82, 2.24) is 0 Å². The van der Waals surface area contributed by atoms with Gasteiger partial charge in [0.2, 0.25) is 0 Å². The van der Waals surface area contributed by atoms with Gasteiger partial charge in [-0.25, -0.2) is 9.13 Å². The highest BCUT2D eigenvalue weighted by Gasteiger charge is 2.30. The maximum absolute atomic E-state index is 13.0. The third kappa shape index (κ3) is 60.9. The monoisotopic (exact) mass is 1270 g/mol. The molecule has 0 aliphatic heterocycles. The van der Waals surface area contributed by atoms with Gasteiger partial charge in [-0.3, -0.25) is 37.3 Å². The van der Waals surface area contributed by atoms with Gasteiger partial charge >= 0.3 is 39.5 Å². The average Bonchev–Trinajstić information content (AvgIpc) is 3.68. The standard InChI is InChI=1S/C67H130O17P2/c1-6-9-12-15-18-21-23-24-25-26-27-28-30-32-37-42-47-52-66(71)83-62(57-78-65(70)51-46-41-36-31-29-22-19-16-13-10-7-2)58-81-85(73,74)79-54-61(68)55-80-86(75,76)82-59-63(56-77-64(69)50-45-40-35-20-17-14-11-8-3)84-67(72)53-48-43-38-33-34-39-44-49-60(4)5/h60-63,68H,6-59H2,1-5H3,(H,73,74)(H,75,76)/t61-,62-,63-/m1/s1. The van der Waals surface area contributed by atoms with Crippen LogP contribution in [0.15, 0.2) is 0 Å². The number of phosphoric ester groups is 2. The highest BCUT2D eigenvalue weighted by molar-refractivity contribution is 7.47. The lowest BCUT2D eigenvalue weighted by molar-refractivity contribution is -0.161. The molecule has 86 heavy (non-hydrogen) atoms. The van der Waals surface area contributed by atoms with Gasteiger partial charge in [-0.1, -0.05) is 291 Å². The molecule has 0 bridgehead atoms. The van der Waals surface area contributed by atoms with E-state index >= 15 is 0 Å². The first kappa shape index (κ1) is 84.1. The molecule has 0 radical (unpaired) electrons. The van der Waals surface area contributed by atoms with E-state index in [-0.39, 0.29) is 25.7 Å². The number of carbonyl (C=O) groups excluding carboxylic acids is 4. The van der Waals surface area contributed by atoms with E-state index in [1.165, 1.54) is 161 Å². The molecule has 5 atom stereocenters. The van der Waals surface area contributed by atoms with Crippen molar-refractivity contribution in [3.8, 4) is 0 Å². The minimum absolute atomic E-state index is 0.104. The van der Waals surface area contributed by atoms with Crippen LogP contribution in [0.1, 0.15) is 343 Å². The molecule has 0 aromatic rings. The largest absolute Gasteiger partial charge is 0.472 e. The molecular weight excluding hydrogens is 1140 g/mol. The van der Waals surface area contributed by atoms with Gasteiger partial charge in [0.05, 0.1) is 26.4 Å². The fourth-order valence-electron chi connectivity index (χ4n) is 10.1. The SMILES string of the molecule is CCCCCCCCCCCCCCCCCCCC(=O)O[C@H](COC(=O)CCCCCCCCCCCCC)COP(=O)(O)OC[C@@H](O)COP(=O)(O)OC[C@@H](COC(=O)CCCCCCCCCC)OC(=O)CCCCCCCCCC(C)C. The average molecular weight is 1270 g/mol. The summed E-state index contributed by atoms with van der Waals surface area (Å²) in [6.45, 7) is 7.13. The summed E-state index contributed by atoms with van der Waals surface area (Å²) in [5.74, 6) is -1.43. The van der Waals surface area contributed by atoms with Gasteiger partial charge in [-0.2, -0.15) is 0 Å². The first-order valence-electron chi connectivity index (χ1n) is 35.1. The van der Waals surface area contributed by atoms with Crippen LogP contribution in [0.5, 0.6) is 0 Å². The van der Waals surface area contributed by atoms with Crippen molar-refractivity contribution in [2.45, 2.75) is 361 Å². The topological polar surface area (TPSA) is 237 Å². The van der Waals surface area contributed by atoms with Crippen molar-refractivity contribution >= 4 is 39.5 Å². The highest BCUT2D eigenvalue weighted by atomic mass is 31.2. The molecule has 0 rings (SSSR count). The lowest BCUT2D eigenvalue weighted by Gasteiger charge is -2.21. The van der Waals surface area contributed by atoms with Crippen LogP contribution in [0, 0.1) is 5.92 Å². The van der Waals surface area contributed by atoms with E-state index < -0.39 is 97.5 Å². The molecule has 0 spiro atoms. The zero-order valence-corrected chi connectivity index (χ0v) is 57.2. The van der Waals surface area contributed by atoms with Gasteiger partial charge < -0.3 is 33.8 Å². The third-order valence-corrected chi connectivity index (χ3v) is 17.4. The van der Waals surface area contributed by atoms with Gasteiger partial charge in [0, 0.05) is 25.7 Å². The van der Waals surface area contributed by atoms with E-state index in [4.69, 9.17) is 37.0 Å². The van der Waals surface area contributed by atoms with E-state index in [0.29, 0.717) is 31.6 Å². The second kappa shape index (κ2) is 60.6. The van der Waals surface area contributed by atoms with Crippen LogP contribution < -0.4 is 0 Å². The molecular formula is C67H130O17P2. The second-order valence-electron chi connectivity index (χ2n) is 24.7. The van der Waals surface area contributed by atoms with Crippen molar-refractivity contribution in [3.63, 3.8) is 0 Å². The Balaban J connectivity index is 5.20. The summed E-state index contributed by atoms with van der Waals surface area (Å²) in [5.41, 5.74) is 0. The second-order valence-corrected chi connectivity index (χ2v) is 27.6. The Labute approximate surface area is 524 Å². The highest BCUT2D eigenvalue weighted by Crippen LogP contribution is 2.45. The number of carbonyl (C=O) groups is 4. The zero-order chi connectivity index (χ0) is 63.5. The van der Waals surface area contributed by atoms with Crippen molar-refractivity contribution in [3.05, 3.63) is 0 Å². The summed E-state index contributed by atoms with van der Waals surface area (Å²) in [4.78, 5) is 72.3. The molecule has 0 saturated heterocycles. The van der Waals surface area contributed by atoms with Crippen molar-refractivity contribution in [2.24, 2.45) is 5.92 Å². The van der Waals surface area contributed by atoms with Crippen LogP contribution in [0.25, 0.3) is 0 Å². The Kier molecular flexibility index (Phi) is 59.2. The van der Waals surface area contributed by atoms with Gasteiger partial charge in [0.15, 0.2) is 12.2 Å². The molecule has 0 heterocycles. The van der Waals surface area contributed by atoms with Crippen molar-refractivity contribution in [2.75, 3.05) is 39.6 Å². The number of esters is 4. The van der Waals surface area contributed by atoms with E-state index in [2.05, 4.69) is 34.6 Å². The number of aliphatic hydroxyl groups excluding tert-OH is 1. The summed E-state index contributed by atoms with van der Waals surface area (Å²) < 4.78 is 68.1. The number of hydrogen-bond donors (Lipinski definition) is 3. The summed E-state index contributed by atoms with van der Waals surface area (Å²) in [6, 6.07) is 0. The lowest BCUT2D eigenvalue weighted by Crippen LogP contribution is -2.30. The number of phosphoric acid groups is 2. The molecule has 2 unspecified atom stereocenters. The smallest absolute Gasteiger partial charge is 0.462 e. The van der Waals surface area contributed by atoms with Crippen molar-refractivity contribution in [1.29, 1.82) is 0 Å². The maximum atomic E-state index is 13.0. The van der Waals surface area contributed by atoms with E-state index in [0.717, 1.165) is 96.3 Å². The fourth-order valence-corrected chi connectivity index (χ4v) is 11.7. The minimum atomic E-state index is -4.95. The predicted molar refractivity (Wildman–Crippen MR) is 345 cm³/mol. The molecule has 0 amide bonds. The number of aliphatic hydroxyl groups is 1. The van der Waals surface area contributed by atoms with Crippen LogP contribution in [0.4, 0.5) is 0 Å². The molecule has 0 fully saturated rings. The molecule has 19 heteroatoms. The molecule has 0 aliphatic rings. The molecule has 0 aromatic carbocycles. The van der Waals surface area contributed by atoms with Crippen LogP contribution in [-0.4, -0.2) is 96.7 Å². The fraction of sp³-hybridized carbons (Fsp3) is 0.940. The Hall–Kier alpha value is -1.94. The summed E-state index contributed by atoms with van der Waals surface area (Å²) in [6.07, 6.45) is 45.9. The summed E-state index contributed by atoms with van der Waals surface area (Å²) >= 11 is 0. The number of ether oxygens (including phenoxy) is 4. The third-order valence-electron chi connectivity index (χ3n) is 15.5. The van der Waals surface area contributed by atoms with Crippen LogP contribution in [0.2, 0.25) is 0 Å². The molecule has 0 saturated carbocycles. The molecule has 17 nitrogen and oxygen atoms in total. The zero-order valence-electron chi connectivity index (χ0n) is 55.4. The number of rotatable bonds is 67. The van der Waals surface area contributed by atoms with Gasteiger partial charge in [-0.15, -0.1) is 0 Å². The minimum Gasteiger partial charge on any atom is -0.462 e. The normalized spacial score (nSPS) is 14.2. The Bertz CT molecular complexity index is 1670. The number of unbranched alkanes of at least 4 members (excludes halogenated alkanes) is 39. The Morgan fingerprint density at radius 1 is 0.314 bits per heavy atom. The van der Waals surface area contributed by atoms with Crippen LogP contribution in [-0.2, 0) is 65.4 Å². The van der Waals surface area contributed by atoms with E-state index in [9.17, 15) is 43.2 Å². The molecule has 3 N–H and O–H groups in total. The molecule has 510 valence electrons. The predicted octanol–water partition coefficient (Wildman–Crippen LogP) is 19.0. The van der Waals surface area contributed by atoms with E-state index in [1.807, 2.05) is 0 Å². The van der Waals surface area contributed by atoms with Crippen molar-refractivity contribution < 1.29 is 80.2 Å². The number of hydrogen-bond acceptors (Lipinski definition) is 15. The Morgan fingerprint density at radius 3 is 0.791 bits per heavy atom.